The van der Waals surface area contributed by atoms with Crippen molar-refractivity contribution in [1.29, 1.82) is 0 Å². The van der Waals surface area contributed by atoms with Gasteiger partial charge in [0.25, 0.3) is 0 Å². The van der Waals surface area contributed by atoms with E-state index in [0.717, 1.165) is 83.5 Å². The predicted molar refractivity (Wildman–Crippen MR) is 226 cm³/mol. The van der Waals surface area contributed by atoms with E-state index >= 15 is 0 Å². The molecule has 0 saturated heterocycles. The Morgan fingerprint density at radius 1 is 0.552 bits per heavy atom. The maximum atomic E-state index is 12.8. The number of rotatable bonds is 36. The van der Waals surface area contributed by atoms with Crippen LogP contribution in [0.25, 0.3) is 0 Å². The molecule has 0 bridgehead atoms. The summed E-state index contributed by atoms with van der Waals surface area (Å²) in [5, 5.41) is 50.1. The lowest BCUT2D eigenvalue weighted by Gasteiger charge is -2.41. The van der Waals surface area contributed by atoms with Crippen LogP contribution in [0, 0.1) is 0 Å². The summed E-state index contributed by atoms with van der Waals surface area (Å²) in [6.45, 7) is 3.17. The Morgan fingerprint density at radius 3 is 1.50 bits per heavy atom. The van der Waals surface area contributed by atoms with Crippen LogP contribution in [0.2, 0.25) is 0 Å². The fourth-order valence-corrected chi connectivity index (χ4v) is 7.63. The maximum absolute atomic E-state index is 12.8. The molecule has 14 heteroatoms. The summed E-state index contributed by atoms with van der Waals surface area (Å²) in [4.78, 5) is 35.6. The number of hydrogen-bond donors (Lipinski definition) is 6. The Balaban J connectivity index is 2.48. The van der Waals surface area contributed by atoms with E-state index in [0.29, 0.717) is 12.8 Å². The van der Waals surface area contributed by atoms with Crippen molar-refractivity contribution in [2.75, 3.05) is 13.2 Å². The molecule has 1 fully saturated rings. The van der Waals surface area contributed by atoms with Gasteiger partial charge < -0.3 is 39.9 Å². The highest BCUT2D eigenvalue weighted by Crippen LogP contribution is 2.47. The summed E-state index contributed by atoms with van der Waals surface area (Å²) < 4.78 is 33.5. The van der Waals surface area contributed by atoms with E-state index in [1.165, 1.54) is 51.4 Å². The molecule has 0 aliphatic heterocycles. The van der Waals surface area contributed by atoms with Crippen LogP contribution in [0.4, 0.5) is 0 Å². The molecule has 1 saturated carbocycles. The van der Waals surface area contributed by atoms with Gasteiger partial charge in [-0.05, 0) is 44.9 Å². The third-order valence-electron chi connectivity index (χ3n) is 10.2. The van der Waals surface area contributed by atoms with Crippen molar-refractivity contribution in [3.05, 3.63) is 36.5 Å². The third-order valence-corrected chi connectivity index (χ3v) is 11.2. The van der Waals surface area contributed by atoms with E-state index in [-0.39, 0.29) is 12.8 Å². The van der Waals surface area contributed by atoms with Crippen molar-refractivity contribution in [3.63, 3.8) is 0 Å². The van der Waals surface area contributed by atoms with Crippen LogP contribution in [0.15, 0.2) is 36.5 Å². The van der Waals surface area contributed by atoms with E-state index in [4.69, 9.17) is 18.5 Å². The minimum Gasteiger partial charge on any atom is -0.462 e. The summed E-state index contributed by atoms with van der Waals surface area (Å²) in [6.07, 6.45) is 24.9. The van der Waals surface area contributed by atoms with Crippen molar-refractivity contribution >= 4 is 19.8 Å². The predicted octanol–water partition coefficient (Wildman–Crippen LogP) is 8.22. The first-order chi connectivity index (χ1) is 27.9. The van der Waals surface area contributed by atoms with Crippen LogP contribution < -0.4 is 0 Å². The van der Waals surface area contributed by atoms with Crippen molar-refractivity contribution in [1.82, 2.24) is 0 Å². The van der Waals surface area contributed by atoms with E-state index in [1.54, 1.807) is 0 Å². The summed E-state index contributed by atoms with van der Waals surface area (Å²) in [5.41, 5.74) is 0. The molecule has 6 N–H and O–H groups in total. The monoisotopic (exact) mass is 847 g/mol. The van der Waals surface area contributed by atoms with E-state index in [2.05, 4.69) is 50.3 Å². The van der Waals surface area contributed by atoms with Crippen molar-refractivity contribution < 1.29 is 63.1 Å². The van der Waals surface area contributed by atoms with Gasteiger partial charge in [-0.2, -0.15) is 0 Å². The fraction of sp³-hybridized carbons (Fsp3) is 0.818. The SMILES string of the molecule is CC/C=C\C/C=C\C/C=C\CCCCCCCCCC(=O)OC(COC(=O)CCCCCCCCCCCCCC)COP(=O)(O)OC1C(O)C(O)C(O)C(O)C1O. The van der Waals surface area contributed by atoms with Crippen LogP contribution in [0.1, 0.15) is 174 Å². The Hall–Kier alpha value is -1.93. The second kappa shape index (κ2) is 34.7. The average molecular weight is 847 g/mol. The van der Waals surface area contributed by atoms with Gasteiger partial charge in [0.2, 0.25) is 0 Å². The van der Waals surface area contributed by atoms with Gasteiger partial charge in [-0.25, -0.2) is 4.57 Å². The zero-order chi connectivity index (χ0) is 42.9. The van der Waals surface area contributed by atoms with Gasteiger partial charge in [-0.1, -0.05) is 153 Å². The molecule has 0 aromatic carbocycles. The molecule has 13 nitrogen and oxygen atoms in total. The van der Waals surface area contributed by atoms with Gasteiger partial charge >= 0.3 is 19.8 Å². The average Bonchev–Trinajstić information content (AvgIpc) is 3.20. The number of unbranched alkanes of at least 4 members (excludes halogenated alkanes) is 18. The number of ether oxygens (including phenoxy) is 2. The topological polar surface area (TPSA) is 210 Å². The van der Waals surface area contributed by atoms with Crippen LogP contribution in [0.3, 0.4) is 0 Å². The Labute approximate surface area is 348 Å². The number of carbonyl (C=O) groups is 2. The highest BCUT2D eigenvalue weighted by atomic mass is 31.2. The summed E-state index contributed by atoms with van der Waals surface area (Å²) in [5.74, 6) is -1.11. The van der Waals surface area contributed by atoms with Gasteiger partial charge in [0, 0.05) is 12.8 Å². The maximum Gasteiger partial charge on any atom is 0.472 e. The number of aliphatic hydroxyl groups is 5. The van der Waals surface area contributed by atoms with Crippen molar-refractivity contribution in [2.24, 2.45) is 0 Å². The molecule has 0 radical (unpaired) electrons. The summed E-state index contributed by atoms with van der Waals surface area (Å²) >= 11 is 0. The molecule has 1 rings (SSSR count). The first-order valence-corrected chi connectivity index (χ1v) is 23.8. The molecule has 0 spiro atoms. The second-order valence-electron chi connectivity index (χ2n) is 15.5. The van der Waals surface area contributed by atoms with Crippen molar-refractivity contribution in [2.45, 2.75) is 217 Å². The minimum absolute atomic E-state index is 0.0866. The quantitative estimate of drug-likeness (QED) is 0.0152. The van der Waals surface area contributed by atoms with E-state index < -0.39 is 75.7 Å². The standard InChI is InChI=1S/C44H79O13P/c1-3-5-7-9-11-13-15-17-18-19-20-21-23-25-27-29-31-33-38(46)56-36(34-54-37(45)32-30-28-26-24-22-16-14-12-10-8-6-4-2)35-55-58(52,53)57-44-42(50)40(48)39(47)41(49)43(44)51/h5,7,11,13,17-18,36,39-44,47-51H,3-4,6,8-10,12,14-16,19-35H2,1-2H3,(H,52,53)/b7-5-,13-11-,18-17-. The lowest BCUT2D eigenvalue weighted by atomic mass is 9.85. The van der Waals surface area contributed by atoms with Gasteiger partial charge in [-0.3, -0.25) is 18.6 Å². The lowest BCUT2D eigenvalue weighted by molar-refractivity contribution is -0.220. The number of aliphatic hydroxyl groups excluding tert-OH is 5. The minimum atomic E-state index is -5.12. The number of phosphoric acid groups is 1. The number of allylic oxidation sites excluding steroid dienone is 6. The number of carbonyl (C=O) groups excluding carboxylic acids is 2. The molecule has 1 aliphatic carbocycles. The number of esters is 2. The van der Waals surface area contributed by atoms with Gasteiger partial charge in [-0.15, -0.1) is 0 Å². The number of phosphoric ester groups is 1. The molecule has 1 aliphatic rings. The van der Waals surface area contributed by atoms with Crippen molar-refractivity contribution in [3.8, 4) is 0 Å². The largest absolute Gasteiger partial charge is 0.472 e. The molecule has 58 heavy (non-hydrogen) atoms. The summed E-state index contributed by atoms with van der Waals surface area (Å²) in [7, 11) is -5.12. The van der Waals surface area contributed by atoms with E-state index in [9.17, 15) is 44.6 Å². The third kappa shape index (κ3) is 27.0. The van der Waals surface area contributed by atoms with Crippen LogP contribution in [0.5, 0.6) is 0 Å². The lowest BCUT2D eigenvalue weighted by Crippen LogP contribution is -2.64. The molecule has 6 unspecified atom stereocenters. The number of hydrogen-bond acceptors (Lipinski definition) is 12. The summed E-state index contributed by atoms with van der Waals surface area (Å²) in [6, 6.07) is 0. The molecule has 0 heterocycles. The fourth-order valence-electron chi connectivity index (χ4n) is 6.65. The molecular weight excluding hydrogens is 767 g/mol. The Bertz CT molecular complexity index is 1160. The van der Waals surface area contributed by atoms with Gasteiger partial charge in [0.1, 0.15) is 43.2 Å². The first kappa shape index (κ1) is 54.1. The highest BCUT2D eigenvalue weighted by Gasteiger charge is 2.51. The van der Waals surface area contributed by atoms with E-state index in [1.807, 2.05) is 0 Å². The first-order valence-electron chi connectivity index (χ1n) is 22.3. The molecule has 6 atom stereocenters. The molecule has 338 valence electrons. The van der Waals surface area contributed by atoms with Crippen LogP contribution in [-0.2, 0) is 32.7 Å². The van der Waals surface area contributed by atoms with Crippen LogP contribution in [-0.4, -0.2) is 98.3 Å². The smallest absolute Gasteiger partial charge is 0.462 e. The zero-order valence-corrected chi connectivity index (χ0v) is 36.5. The van der Waals surface area contributed by atoms with Gasteiger partial charge in [0.15, 0.2) is 6.10 Å². The second-order valence-corrected chi connectivity index (χ2v) is 16.9. The Kier molecular flexibility index (Phi) is 32.4. The zero-order valence-electron chi connectivity index (χ0n) is 35.6. The molecule has 0 aromatic heterocycles. The molecule has 0 aromatic rings. The Morgan fingerprint density at radius 2 is 0.983 bits per heavy atom. The molecular formula is C44H79O13P. The van der Waals surface area contributed by atoms with Gasteiger partial charge in [0.05, 0.1) is 6.61 Å². The highest BCUT2D eigenvalue weighted by molar-refractivity contribution is 7.47. The molecule has 0 amide bonds. The normalized spacial score (nSPS) is 22.8. The van der Waals surface area contributed by atoms with Crippen LogP contribution >= 0.6 is 7.82 Å².